The monoisotopic (exact) mass is 670 g/mol. The summed E-state index contributed by atoms with van der Waals surface area (Å²) in [7, 11) is 12.2. The summed E-state index contributed by atoms with van der Waals surface area (Å²) in [4.78, 5) is 4.61. The number of fused-ring (bicyclic) bond motifs is 2. The lowest BCUT2D eigenvalue weighted by molar-refractivity contribution is 0.226. The Hall–Kier alpha value is -4.80. The van der Waals surface area contributed by atoms with Crippen LogP contribution in [0.2, 0.25) is 0 Å². The van der Waals surface area contributed by atoms with Crippen molar-refractivity contribution >= 4 is 0 Å². The van der Waals surface area contributed by atoms with E-state index in [9.17, 15) is 10.2 Å². The van der Waals surface area contributed by atoms with Crippen molar-refractivity contribution in [2.24, 2.45) is 0 Å². The summed E-state index contributed by atoms with van der Waals surface area (Å²) in [5.74, 6) is 4.16. The van der Waals surface area contributed by atoms with Crippen molar-refractivity contribution in [1.82, 2.24) is 9.80 Å². The van der Waals surface area contributed by atoms with E-state index < -0.39 is 0 Å². The number of aromatic hydroxyl groups is 2. The van der Waals surface area contributed by atoms with Gasteiger partial charge in [-0.2, -0.15) is 0 Å². The number of phenols is 2. The standard InChI is InChI=1S/C39H46N2O8/c1-40-12-10-24-17-35(45-4)31(42)20-27(24)29(40)14-23-8-9-33(44-3)39(15-23)49-34-22-38(48-7)37(47-6)19-26(34)16-30-28-21-32(43)36(46-5)18-25(28)11-13-41(30)2/h8-9,15,17-22,29-30,42-43H,10-14,16H2,1-7H3. The van der Waals surface area contributed by atoms with E-state index in [4.69, 9.17) is 28.4 Å². The number of methoxy groups -OCH3 is 5. The number of likely N-dealkylation sites (N-methyl/N-ethyl adjacent to an activating group) is 2. The summed E-state index contributed by atoms with van der Waals surface area (Å²) in [5, 5.41) is 21.3. The highest BCUT2D eigenvalue weighted by atomic mass is 16.5. The van der Waals surface area contributed by atoms with Crippen LogP contribution < -0.4 is 28.4 Å². The fourth-order valence-corrected chi connectivity index (χ4v) is 7.18. The molecule has 2 aliphatic rings. The van der Waals surface area contributed by atoms with Crippen LogP contribution in [0.1, 0.15) is 45.5 Å². The van der Waals surface area contributed by atoms with Crippen LogP contribution in [-0.2, 0) is 25.7 Å². The van der Waals surface area contributed by atoms with Gasteiger partial charge in [-0.3, -0.25) is 9.80 Å². The van der Waals surface area contributed by atoms with Crippen LogP contribution in [0.15, 0.2) is 54.6 Å². The molecule has 0 saturated heterocycles. The first kappa shape index (κ1) is 34.1. The molecule has 0 bridgehead atoms. The maximum Gasteiger partial charge on any atom is 0.169 e. The predicted molar refractivity (Wildman–Crippen MR) is 187 cm³/mol. The molecule has 2 heterocycles. The molecule has 2 atom stereocenters. The molecule has 0 aliphatic carbocycles. The molecule has 10 nitrogen and oxygen atoms in total. The molecular formula is C39H46N2O8. The molecule has 2 unspecified atom stereocenters. The Kier molecular flexibility index (Phi) is 9.99. The SMILES string of the molecule is COc1cc2c(cc1O)C(Cc1ccc(OC)c(Oc3cc(OC)c(OC)cc3CC3c4cc(O)c(OC)cc4CCN3C)c1)N(C)CC2. The normalized spacial score (nSPS) is 17.5. The Bertz CT molecular complexity index is 1830. The largest absolute Gasteiger partial charge is 0.504 e. The van der Waals surface area contributed by atoms with Gasteiger partial charge in [-0.05, 0) is 110 Å². The van der Waals surface area contributed by atoms with Crippen LogP contribution >= 0.6 is 0 Å². The molecule has 10 heteroatoms. The maximum atomic E-state index is 10.7. The fraction of sp³-hybridized carbons (Fsp3) is 0.385. The summed E-state index contributed by atoms with van der Waals surface area (Å²) < 4.78 is 34.8. The average molecular weight is 671 g/mol. The van der Waals surface area contributed by atoms with E-state index in [-0.39, 0.29) is 23.6 Å². The molecule has 49 heavy (non-hydrogen) atoms. The molecule has 260 valence electrons. The fourth-order valence-electron chi connectivity index (χ4n) is 7.18. The molecule has 2 N–H and O–H groups in total. The van der Waals surface area contributed by atoms with Gasteiger partial charge in [0.15, 0.2) is 46.0 Å². The quantitative estimate of drug-likeness (QED) is 0.185. The first-order valence-electron chi connectivity index (χ1n) is 16.5. The number of hydrogen-bond donors (Lipinski definition) is 2. The lowest BCUT2D eigenvalue weighted by Gasteiger charge is -2.35. The van der Waals surface area contributed by atoms with Crippen LogP contribution in [0, 0.1) is 0 Å². The lowest BCUT2D eigenvalue weighted by Crippen LogP contribution is -2.33. The third-order valence-corrected chi connectivity index (χ3v) is 9.99. The van der Waals surface area contributed by atoms with E-state index >= 15 is 0 Å². The molecule has 4 aromatic carbocycles. The van der Waals surface area contributed by atoms with Gasteiger partial charge in [-0.1, -0.05) is 6.07 Å². The topological polar surface area (TPSA) is 102 Å². The molecule has 6 rings (SSSR count). The zero-order valence-electron chi connectivity index (χ0n) is 29.3. The van der Waals surface area contributed by atoms with Crippen LogP contribution in [0.25, 0.3) is 0 Å². The van der Waals surface area contributed by atoms with E-state index in [0.717, 1.165) is 53.7 Å². The number of rotatable bonds is 11. The second-order valence-electron chi connectivity index (χ2n) is 12.7. The minimum atomic E-state index is -0.0359. The Labute approximate surface area is 288 Å². The number of phenolic OH excluding ortho intramolecular Hbond substituents is 2. The first-order chi connectivity index (χ1) is 23.7. The van der Waals surface area contributed by atoms with Crippen LogP contribution in [0.4, 0.5) is 0 Å². The smallest absolute Gasteiger partial charge is 0.169 e. The van der Waals surface area contributed by atoms with Crippen molar-refractivity contribution in [3.63, 3.8) is 0 Å². The van der Waals surface area contributed by atoms with Crippen molar-refractivity contribution in [1.29, 1.82) is 0 Å². The Morgan fingerprint density at radius 3 is 1.59 bits per heavy atom. The molecule has 0 saturated carbocycles. The van der Waals surface area contributed by atoms with Crippen molar-refractivity contribution < 1.29 is 38.6 Å². The Morgan fingerprint density at radius 2 is 1.06 bits per heavy atom. The van der Waals surface area contributed by atoms with E-state index in [2.05, 4.69) is 30.0 Å². The van der Waals surface area contributed by atoms with Gasteiger partial charge < -0.3 is 38.6 Å². The highest BCUT2D eigenvalue weighted by Crippen LogP contribution is 2.45. The van der Waals surface area contributed by atoms with Crippen LogP contribution in [-0.4, -0.2) is 82.7 Å². The lowest BCUT2D eigenvalue weighted by atomic mass is 9.88. The van der Waals surface area contributed by atoms with Gasteiger partial charge in [0, 0.05) is 36.8 Å². The number of hydrogen-bond acceptors (Lipinski definition) is 10. The van der Waals surface area contributed by atoms with Gasteiger partial charge >= 0.3 is 0 Å². The minimum Gasteiger partial charge on any atom is -0.504 e. The summed E-state index contributed by atoms with van der Waals surface area (Å²) in [6.07, 6.45) is 3.02. The van der Waals surface area contributed by atoms with Crippen molar-refractivity contribution in [3.05, 3.63) is 88.0 Å². The van der Waals surface area contributed by atoms with Crippen molar-refractivity contribution in [3.8, 4) is 51.7 Å². The molecule has 0 amide bonds. The minimum absolute atomic E-state index is 0.0359. The first-order valence-corrected chi connectivity index (χ1v) is 16.5. The molecule has 0 spiro atoms. The zero-order chi connectivity index (χ0) is 34.8. The Morgan fingerprint density at radius 1 is 0.551 bits per heavy atom. The Balaban J connectivity index is 1.36. The zero-order valence-corrected chi connectivity index (χ0v) is 29.3. The second kappa shape index (κ2) is 14.4. The average Bonchev–Trinajstić information content (AvgIpc) is 3.10. The van der Waals surface area contributed by atoms with Gasteiger partial charge in [-0.25, -0.2) is 0 Å². The van der Waals surface area contributed by atoms with Gasteiger partial charge in [0.25, 0.3) is 0 Å². The van der Waals surface area contributed by atoms with E-state index in [1.165, 1.54) is 5.56 Å². The van der Waals surface area contributed by atoms with Gasteiger partial charge in [0.1, 0.15) is 5.75 Å². The molecule has 0 fully saturated rings. The van der Waals surface area contributed by atoms with Crippen molar-refractivity contribution in [2.75, 3.05) is 62.7 Å². The summed E-state index contributed by atoms with van der Waals surface area (Å²) in [5.41, 5.74) is 6.44. The summed E-state index contributed by atoms with van der Waals surface area (Å²) >= 11 is 0. The molecule has 0 aromatic heterocycles. The maximum absolute atomic E-state index is 10.7. The molecule has 0 radical (unpaired) electrons. The number of nitrogens with zero attached hydrogens (tertiary/aromatic N) is 2. The third-order valence-electron chi connectivity index (χ3n) is 9.99. The third kappa shape index (κ3) is 6.75. The second-order valence-corrected chi connectivity index (χ2v) is 12.7. The van der Waals surface area contributed by atoms with E-state index in [0.29, 0.717) is 53.1 Å². The van der Waals surface area contributed by atoms with Gasteiger partial charge in [0.05, 0.1) is 35.5 Å². The number of benzene rings is 4. The summed E-state index contributed by atoms with van der Waals surface area (Å²) in [6.45, 7) is 1.75. The van der Waals surface area contributed by atoms with Gasteiger partial charge in [0.2, 0.25) is 0 Å². The summed E-state index contributed by atoms with van der Waals surface area (Å²) in [6, 6.07) is 17.4. The highest BCUT2D eigenvalue weighted by Gasteiger charge is 2.30. The van der Waals surface area contributed by atoms with Crippen LogP contribution in [0.5, 0.6) is 51.7 Å². The van der Waals surface area contributed by atoms with Crippen molar-refractivity contribution in [2.45, 2.75) is 37.8 Å². The van der Waals surface area contributed by atoms with Crippen LogP contribution in [0.3, 0.4) is 0 Å². The number of ether oxygens (including phenoxy) is 6. The van der Waals surface area contributed by atoms with E-state index in [1.807, 2.05) is 48.5 Å². The predicted octanol–water partition coefficient (Wildman–Crippen LogP) is 6.48. The molecular weight excluding hydrogens is 624 g/mol. The van der Waals surface area contributed by atoms with Gasteiger partial charge in [-0.15, -0.1) is 0 Å². The van der Waals surface area contributed by atoms with E-state index in [1.54, 1.807) is 35.5 Å². The molecule has 2 aliphatic heterocycles. The highest BCUT2D eigenvalue weighted by molar-refractivity contribution is 5.56. The molecule has 4 aromatic rings.